The van der Waals surface area contributed by atoms with Gasteiger partial charge in [-0.15, -0.1) is 0 Å². The summed E-state index contributed by atoms with van der Waals surface area (Å²) in [5.41, 5.74) is 3.33. The largest absolute Gasteiger partial charge is 0.326 e. The van der Waals surface area contributed by atoms with Gasteiger partial charge in [0.15, 0.2) is 0 Å². The molecule has 2 aromatic carbocycles. The lowest BCUT2D eigenvalue weighted by molar-refractivity contribution is -1.01. The predicted molar refractivity (Wildman–Crippen MR) is 111 cm³/mol. The number of carbonyl (C=O) groups excluding carboxylic acids is 1. The summed E-state index contributed by atoms with van der Waals surface area (Å²) in [6, 6.07) is 18.4. The molecule has 1 aliphatic heterocycles. The van der Waals surface area contributed by atoms with Crippen LogP contribution in [0, 0.1) is 6.92 Å². The van der Waals surface area contributed by atoms with E-state index in [2.05, 4.69) is 41.7 Å². The lowest BCUT2D eigenvalue weighted by Gasteiger charge is -2.29. The Morgan fingerprint density at radius 1 is 1.00 bits per heavy atom. The maximum Gasteiger partial charge on any atom is 0.230 e. The number of hydrogen-bond acceptors (Lipinski definition) is 1. The first-order chi connectivity index (χ1) is 13.2. The van der Waals surface area contributed by atoms with Gasteiger partial charge >= 0.3 is 0 Å². The first kappa shape index (κ1) is 19.3. The number of benzene rings is 2. The van der Waals surface area contributed by atoms with E-state index < -0.39 is 0 Å². The summed E-state index contributed by atoms with van der Waals surface area (Å²) >= 11 is 0. The molecule has 0 saturated carbocycles. The van der Waals surface area contributed by atoms with Crippen molar-refractivity contribution in [1.29, 1.82) is 0 Å². The molecule has 0 atom stereocenters. The normalized spacial score (nSPS) is 19.9. The van der Waals surface area contributed by atoms with Crippen molar-refractivity contribution in [3.8, 4) is 0 Å². The summed E-state index contributed by atoms with van der Waals surface area (Å²) in [6.45, 7) is 8.68. The maximum absolute atomic E-state index is 12.2. The zero-order valence-corrected chi connectivity index (χ0v) is 16.2. The van der Waals surface area contributed by atoms with Crippen LogP contribution in [-0.2, 0) is 4.79 Å². The third-order valence-corrected chi connectivity index (χ3v) is 5.19. The summed E-state index contributed by atoms with van der Waals surface area (Å²) < 4.78 is 0. The Bertz CT molecular complexity index is 749. The average Bonchev–Trinajstić information content (AvgIpc) is 2.68. The zero-order chi connectivity index (χ0) is 18.9. The van der Waals surface area contributed by atoms with E-state index in [4.69, 9.17) is 0 Å². The molecule has 0 spiro atoms. The predicted octanol–water partition coefficient (Wildman–Crippen LogP) is 0.820. The van der Waals surface area contributed by atoms with Crippen LogP contribution < -0.4 is 15.1 Å². The topological polar surface area (TPSA) is 38.0 Å². The Labute approximate surface area is 162 Å². The summed E-state index contributed by atoms with van der Waals surface area (Å²) in [4.78, 5) is 15.3. The first-order valence-electron chi connectivity index (χ1n) is 9.94. The molecule has 4 heteroatoms. The van der Waals surface area contributed by atoms with Crippen molar-refractivity contribution in [2.45, 2.75) is 13.3 Å². The number of quaternary nitrogens is 2. The number of nitrogens with one attached hydrogen (secondary N) is 3. The highest BCUT2D eigenvalue weighted by molar-refractivity contribution is 5.90. The number of hydrogen-bond donors (Lipinski definition) is 3. The molecule has 1 amide bonds. The molecule has 1 fully saturated rings. The third kappa shape index (κ3) is 6.66. The highest BCUT2D eigenvalue weighted by Gasteiger charge is 2.22. The summed E-state index contributed by atoms with van der Waals surface area (Å²) in [5.74, 6) is 0.119. The van der Waals surface area contributed by atoms with Crippen molar-refractivity contribution in [2.75, 3.05) is 44.6 Å². The molecule has 142 valence electrons. The number of anilines is 1. The molecule has 0 unspecified atom stereocenters. The van der Waals surface area contributed by atoms with Crippen LogP contribution in [0.15, 0.2) is 60.7 Å². The smallest absolute Gasteiger partial charge is 0.230 e. The fourth-order valence-corrected chi connectivity index (χ4v) is 3.57. The Balaban J connectivity index is 1.33. The van der Waals surface area contributed by atoms with Crippen LogP contribution in [0.3, 0.4) is 0 Å². The number of rotatable bonds is 7. The Hall–Kier alpha value is -2.43. The minimum absolute atomic E-state index is 0.119. The van der Waals surface area contributed by atoms with Gasteiger partial charge in [0.25, 0.3) is 0 Å². The Morgan fingerprint density at radius 3 is 2.48 bits per heavy atom. The summed E-state index contributed by atoms with van der Waals surface area (Å²) in [6.07, 6.45) is 5.08. The fourth-order valence-electron chi connectivity index (χ4n) is 3.57. The van der Waals surface area contributed by atoms with Gasteiger partial charge in [-0.3, -0.25) is 4.79 Å². The van der Waals surface area contributed by atoms with E-state index in [-0.39, 0.29) is 5.91 Å². The minimum Gasteiger partial charge on any atom is -0.326 e. The zero-order valence-electron chi connectivity index (χ0n) is 16.2. The van der Waals surface area contributed by atoms with Crippen LogP contribution in [0.25, 0.3) is 6.08 Å². The second-order valence-electron chi connectivity index (χ2n) is 7.43. The van der Waals surface area contributed by atoms with E-state index in [0.717, 1.165) is 31.9 Å². The highest BCUT2D eigenvalue weighted by atomic mass is 16.1. The lowest BCUT2D eigenvalue weighted by Crippen LogP contribution is -3.28. The van der Waals surface area contributed by atoms with Crippen LogP contribution in [0.1, 0.15) is 17.5 Å². The molecule has 0 aromatic heterocycles. The van der Waals surface area contributed by atoms with Crippen LogP contribution in [-0.4, -0.2) is 45.2 Å². The Morgan fingerprint density at radius 2 is 1.74 bits per heavy atom. The van der Waals surface area contributed by atoms with Gasteiger partial charge in [-0.25, -0.2) is 0 Å². The van der Waals surface area contributed by atoms with Gasteiger partial charge in [0, 0.05) is 5.69 Å². The molecule has 3 N–H and O–H groups in total. The monoisotopic (exact) mass is 365 g/mol. The van der Waals surface area contributed by atoms with Crippen molar-refractivity contribution in [3.05, 3.63) is 71.8 Å². The van der Waals surface area contributed by atoms with Gasteiger partial charge in [0.05, 0.1) is 19.5 Å². The standard InChI is InChI=1S/C23H29N3O/c1-20-7-5-11-22(19-20)24-23(27)12-14-26-17-15-25(16-18-26)13-6-10-21-8-3-2-4-9-21/h2-11,19H,12-18H2,1H3,(H,24,27)/p+2. The van der Waals surface area contributed by atoms with Crippen molar-refractivity contribution in [1.82, 2.24) is 0 Å². The SMILES string of the molecule is Cc1cccc(NC(=O)CC[NH+]2CC[NH+](CC=Cc3ccccc3)CC2)c1. The molecule has 3 rings (SSSR count). The van der Waals surface area contributed by atoms with Crippen LogP contribution in [0.2, 0.25) is 0 Å². The second kappa shape index (κ2) is 10.0. The first-order valence-corrected chi connectivity index (χ1v) is 9.94. The molecular weight excluding hydrogens is 334 g/mol. The van der Waals surface area contributed by atoms with E-state index in [1.165, 1.54) is 24.2 Å². The molecular formula is C23H31N3O+2. The summed E-state index contributed by atoms with van der Waals surface area (Å²) in [7, 11) is 0. The van der Waals surface area contributed by atoms with E-state index in [0.29, 0.717) is 6.42 Å². The fraction of sp³-hybridized carbons (Fsp3) is 0.348. The van der Waals surface area contributed by atoms with Gasteiger partial charge in [-0.1, -0.05) is 48.5 Å². The van der Waals surface area contributed by atoms with Crippen LogP contribution in [0.4, 0.5) is 5.69 Å². The maximum atomic E-state index is 12.2. The molecule has 1 aliphatic rings. The lowest BCUT2D eigenvalue weighted by atomic mass is 10.2. The van der Waals surface area contributed by atoms with Gasteiger partial charge in [-0.2, -0.15) is 0 Å². The van der Waals surface area contributed by atoms with Gasteiger partial charge in [0.1, 0.15) is 26.2 Å². The number of aryl methyl sites for hydroxylation is 1. The molecule has 2 aromatic rings. The van der Waals surface area contributed by atoms with Gasteiger partial charge in [0.2, 0.25) is 5.91 Å². The van der Waals surface area contributed by atoms with Crippen molar-refractivity contribution < 1.29 is 14.6 Å². The average molecular weight is 366 g/mol. The number of amides is 1. The molecule has 0 aliphatic carbocycles. The summed E-state index contributed by atoms with van der Waals surface area (Å²) in [5, 5.41) is 3.01. The van der Waals surface area contributed by atoms with E-state index >= 15 is 0 Å². The molecule has 1 heterocycles. The van der Waals surface area contributed by atoms with Crippen LogP contribution in [0.5, 0.6) is 0 Å². The molecule has 4 nitrogen and oxygen atoms in total. The minimum atomic E-state index is 0.119. The Kier molecular flexibility index (Phi) is 7.19. The van der Waals surface area contributed by atoms with E-state index in [9.17, 15) is 4.79 Å². The molecule has 0 bridgehead atoms. The molecule has 0 radical (unpaired) electrons. The quantitative estimate of drug-likeness (QED) is 0.668. The van der Waals surface area contributed by atoms with E-state index in [1.54, 1.807) is 9.80 Å². The van der Waals surface area contributed by atoms with E-state index in [1.807, 2.05) is 37.3 Å². The highest BCUT2D eigenvalue weighted by Crippen LogP contribution is 2.09. The van der Waals surface area contributed by atoms with Gasteiger partial charge < -0.3 is 15.1 Å². The number of piperazine rings is 1. The van der Waals surface area contributed by atoms with Crippen molar-refractivity contribution >= 4 is 17.7 Å². The number of carbonyl (C=O) groups is 1. The van der Waals surface area contributed by atoms with Crippen LogP contribution >= 0.6 is 0 Å². The molecule has 27 heavy (non-hydrogen) atoms. The third-order valence-electron chi connectivity index (χ3n) is 5.19. The second-order valence-corrected chi connectivity index (χ2v) is 7.43. The van der Waals surface area contributed by atoms with Crippen molar-refractivity contribution in [3.63, 3.8) is 0 Å². The van der Waals surface area contributed by atoms with Crippen molar-refractivity contribution in [2.24, 2.45) is 0 Å². The molecule has 1 saturated heterocycles. The van der Waals surface area contributed by atoms with Gasteiger partial charge in [-0.05, 0) is 36.3 Å².